The number of benzene rings is 4. The van der Waals surface area contributed by atoms with E-state index < -0.39 is 0 Å². The summed E-state index contributed by atoms with van der Waals surface area (Å²) in [7, 11) is 0. The lowest BCUT2D eigenvalue weighted by atomic mass is 10.1. The standard InChI is InChI=1S/C33H28Br2N4O3S/c1-3-41-30-16-25(28(35)17-31(30)42-19-22-6-12-26(34)13-7-22)18-36-39-32(40)24-10-8-23(9-11-24)29-20-43-33(38-29)37-27-14-4-21(2)5-15-27/h4-18,20H,3,19H2,1-2H3,(H,37,38)(H,39,40)/b36-18-. The molecule has 1 amide bonds. The van der Waals surface area contributed by atoms with Crippen LogP contribution in [0.2, 0.25) is 0 Å². The SMILES string of the molecule is CCOc1cc(/C=N\NC(=O)c2ccc(-c3csc(Nc4ccc(C)cc4)n3)cc2)c(Br)cc1OCc1ccc(Br)cc1. The Balaban J connectivity index is 1.19. The Hall–Kier alpha value is -3.99. The van der Waals surface area contributed by atoms with Crippen LogP contribution in [-0.4, -0.2) is 23.7 Å². The molecule has 0 fully saturated rings. The summed E-state index contributed by atoms with van der Waals surface area (Å²) in [6.07, 6.45) is 1.56. The third-order valence-electron chi connectivity index (χ3n) is 6.29. The largest absolute Gasteiger partial charge is 0.490 e. The van der Waals surface area contributed by atoms with E-state index in [1.807, 2.05) is 73.0 Å². The topological polar surface area (TPSA) is 84.8 Å². The molecule has 0 atom stereocenters. The Bertz CT molecular complexity index is 1720. The smallest absolute Gasteiger partial charge is 0.271 e. The molecule has 0 bridgehead atoms. The molecule has 0 radical (unpaired) electrons. The Labute approximate surface area is 271 Å². The number of nitrogens with one attached hydrogen (secondary N) is 2. The first-order valence-corrected chi connectivity index (χ1v) is 15.9. The molecule has 218 valence electrons. The molecular formula is C33H28Br2N4O3S. The number of hydrogen-bond acceptors (Lipinski definition) is 7. The highest BCUT2D eigenvalue weighted by atomic mass is 79.9. The second kappa shape index (κ2) is 14.5. The molecule has 0 aliphatic heterocycles. The zero-order valence-corrected chi connectivity index (χ0v) is 27.4. The van der Waals surface area contributed by atoms with Crippen LogP contribution >= 0.6 is 43.2 Å². The Kier molecular flexibility index (Phi) is 10.2. The molecule has 0 unspecified atom stereocenters. The molecule has 1 heterocycles. The number of hydrazone groups is 1. The molecule has 5 rings (SSSR count). The highest BCUT2D eigenvalue weighted by Gasteiger charge is 2.12. The molecule has 0 aliphatic carbocycles. The van der Waals surface area contributed by atoms with Crippen molar-refractivity contribution in [2.24, 2.45) is 5.10 Å². The number of aryl methyl sites for hydroxylation is 1. The highest BCUT2D eigenvalue weighted by Crippen LogP contribution is 2.34. The van der Waals surface area contributed by atoms with E-state index in [9.17, 15) is 4.79 Å². The van der Waals surface area contributed by atoms with Crippen molar-refractivity contribution in [2.75, 3.05) is 11.9 Å². The summed E-state index contributed by atoms with van der Waals surface area (Å²) < 4.78 is 13.6. The summed E-state index contributed by atoms with van der Waals surface area (Å²) in [5, 5.41) is 10.3. The van der Waals surface area contributed by atoms with Crippen LogP contribution in [0.4, 0.5) is 10.8 Å². The number of aromatic nitrogens is 1. The van der Waals surface area contributed by atoms with E-state index in [2.05, 4.69) is 71.7 Å². The maximum Gasteiger partial charge on any atom is 0.271 e. The van der Waals surface area contributed by atoms with Gasteiger partial charge in [0.2, 0.25) is 0 Å². The molecule has 0 aliphatic rings. The first-order valence-electron chi connectivity index (χ1n) is 13.4. The van der Waals surface area contributed by atoms with Crippen LogP contribution in [-0.2, 0) is 6.61 Å². The number of amides is 1. The van der Waals surface area contributed by atoms with Gasteiger partial charge >= 0.3 is 0 Å². The van der Waals surface area contributed by atoms with E-state index in [1.54, 1.807) is 18.3 Å². The maximum absolute atomic E-state index is 12.8. The number of nitrogens with zero attached hydrogens (tertiary/aromatic N) is 2. The molecule has 10 heteroatoms. The predicted molar refractivity (Wildman–Crippen MR) is 181 cm³/mol. The van der Waals surface area contributed by atoms with Gasteiger partial charge in [-0.05, 0) is 83.9 Å². The average molecular weight is 720 g/mol. The number of rotatable bonds is 11. The van der Waals surface area contributed by atoms with Gasteiger partial charge in [0.05, 0.1) is 18.5 Å². The van der Waals surface area contributed by atoms with Crippen molar-refractivity contribution in [1.29, 1.82) is 0 Å². The zero-order chi connectivity index (χ0) is 30.2. The van der Waals surface area contributed by atoms with Gasteiger partial charge in [0.1, 0.15) is 6.61 Å². The second-order valence-electron chi connectivity index (χ2n) is 9.47. The summed E-state index contributed by atoms with van der Waals surface area (Å²) in [4.78, 5) is 17.4. The molecule has 0 saturated carbocycles. The van der Waals surface area contributed by atoms with Crippen LogP contribution < -0.4 is 20.2 Å². The van der Waals surface area contributed by atoms with Crippen LogP contribution in [0.25, 0.3) is 11.3 Å². The van der Waals surface area contributed by atoms with Gasteiger partial charge in [-0.25, -0.2) is 10.4 Å². The van der Waals surface area contributed by atoms with Crippen molar-refractivity contribution in [3.63, 3.8) is 0 Å². The number of hydrogen-bond donors (Lipinski definition) is 2. The van der Waals surface area contributed by atoms with Gasteiger partial charge in [-0.15, -0.1) is 11.3 Å². The van der Waals surface area contributed by atoms with Crippen LogP contribution in [0.5, 0.6) is 11.5 Å². The van der Waals surface area contributed by atoms with Crippen LogP contribution in [0.1, 0.15) is 34.0 Å². The first kappa shape index (κ1) is 30.5. The van der Waals surface area contributed by atoms with Crippen molar-refractivity contribution >= 4 is 66.1 Å². The Morgan fingerprint density at radius 3 is 2.40 bits per heavy atom. The van der Waals surface area contributed by atoms with E-state index in [1.165, 1.54) is 16.9 Å². The Morgan fingerprint density at radius 1 is 0.953 bits per heavy atom. The van der Waals surface area contributed by atoms with Gasteiger partial charge in [0.25, 0.3) is 5.91 Å². The molecule has 0 saturated heterocycles. The predicted octanol–water partition coefficient (Wildman–Crippen LogP) is 9.13. The van der Waals surface area contributed by atoms with Gasteiger partial charge < -0.3 is 14.8 Å². The summed E-state index contributed by atoms with van der Waals surface area (Å²) in [5.41, 5.74) is 8.80. The number of thiazole rings is 1. The zero-order valence-electron chi connectivity index (χ0n) is 23.4. The molecule has 4 aromatic carbocycles. The molecule has 5 aromatic rings. The lowest BCUT2D eigenvalue weighted by Crippen LogP contribution is -2.17. The first-order chi connectivity index (χ1) is 20.9. The van der Waals surface area contributed by atoms with Crippen molar-refractivity contribution < 1.29 is 14.3 Å². The van der Waals surface area contributed by atoms with E-state index in [4.69, 9.17) is 9.47 Å². The monoisotopic (exact) mass is 718 g/mol. The lowest BCUT2D eigenvalue weighted by molar-refractivity contribution is 0.0955. The number of anilines is 2. The summed E-state index contributed by atoms with van der Waals surface area (Å²) >= 11 is 8.55. The fraction of sp³-hybridized carbons (Fsp3) is 0.121. The van der Waals surface area contributed by atoms with E-state index >= 15 is 0 Å². The third-order valence-corrected chi connectivity index (χ3v) is 8.26. The summed E-state index contributed by atoms with van der Waals surface area (Å²) in [6, 6.07) is 27.0. The fourth-order valence-electron chi connectivity index (χ4n) is 4.01. The van der Waals surface area contributed by atoms with Gasteiger partial charge in [-0.2, -0.15) is 5.10 Å². The minimum Gasteiger partial charge on any atom is -0.490 e. The van der Waals surface area contributed by atoms with Crippen molar-refractivity contribution in [2.45, 2.75) is 20.5 Å². The normalized spacial score (nSPS) is 11.0. The summed E-state index contributed by atoms with van der Waals surface area (Å²) in [5.74, 6) is 0.875. The lowest BCUT2D eigenvalue weighted by Gasteiger charge is -2.14. The van der Waals surface area contributed by atoms with E-state index in [0.717, 1.165) is 42.1 Å². The third kappa shape index (κ3) is 8.31. The maximum atomic E-state index is 12.8. The van der Waals surface area contributed by atoms with Crippen LogP contribution in [0.15, 0.2) is 104 Å². The number of carbonyl (C=O) groups is 1. The Morgan fingerprint density at radius 2 is 1.67 bits per heavy atom. The van der Waals surface area contributed by atoms with Crippen molar-refractivity contribution in [3.05, 3.63) is 122 Å². The van der Waals surface area contributed by atoms with Crippen molar-refractivity contribution in [1.82, 2.24) is 10.4 Å². The molecule has 1 aromatic heterocycles. The fourth-order valence-corrected chi connectivity index (χ4v) is 5.44. The molecule has 43 heavy (non-hydrogen) atoms. The molecule has 0 spiro atoms. The van der Waals surface area contributed by atoms with Gasteiger partial charge in [0, 0.05) is 36.7 Å². The van der Waals surface area contributed by atoms with E-state index in [-0.39, 0.29) is 5.91 Å². The van der Waals surface area contributed by atoms with Crippen LogP contribution in [0.3, 0.4) is 0 Å². The van der Waals surface area contributed by atoms with Crippen molar-refractivity contribution in [3.8, 4) is 22.8 Å². The highest BCUT2D eigenvalue weighted by molar-refractivity contribution is 9.10. The minimum absolute atomic E-state index is 0.321. The number of halogens is 2. The molecule has 2 N–H and O–H groups in total. The number of carbonyl (C=O) groups excluding carboxylic acids is 1. The van der Waals surface area contributed by atoms with E-state index in [0.29, 0.717) is 30.3 Å². The van der Waals surface area contributed by atoms with Gasteiger partial charge in [0.15, 0.2) is 16.6 Å². The quantitative estimate of drug-likeness (QED) is 0.105. The van der Waals surface area contributed by atoms with Gasteiger partial charge in [-0.3, -0.25) is 4.79 Å². The minimum atomic E-state index is -0.321. The average Bonchev–Trinajstić information content (AvgIpc) is 3.48. The van der Waals surface area contributed by atoms with Gasteiger partial charge in [-0.1, -0.05) is 57.9 Å². The van der Waals surface area contributed by atoms with Crippen LogP contribution in [0, 0.1) is 6.92 Å². The summed E-state index contributed by atoms with van der Waals surface area (Å²) in [6.45, 7) is 4.84. The second-order valence-corrected chi connectivity index (χ2v) is 12.1. The molecule has 7 nitrogen and oxygen atoms in total. The molecular weight excluding hydrogens is 692 g/mol. The number of ether oxygens (including phenoxy) is 2.